The first-order valence-electron chi connectivity index (χ1n) is 37.0. The molecule has 2 saturated carbocycles. The molecule has 17 rings (SSSR count). The fourth-order valence-electron chi connectivity index (χ4n) is 11.9. The van der Waals surface area contributed by atoms with Gasteiger partial charge in [-0.15, -0.1) is 34.0 Å². The number of aryl methyl sites for hydroxylation is 4. The Morgan fingerprint density at radius 1 is 0.387 bits per heavy atom. The Hall–Kier alpha value is -11.2. The smallest absolute Gasteiger partial charge is 0.264 e. The monoisotopic (exact) mass is 1900 g/mol. The van der Waals surface area contributed by atoms with E-state index in [1.54, 1.807) is 102 Å². The number of hydrogen-bond acceptors (Lipinski definition) is 28. The third-order valence-corrected chi connectivity index (χ3v) is 28.7. The van der Waals surface area contributed by atoms with Crippen molar-refractivity contribution in [1.29, 1.82) is 0 Å². The molecule has 0 aliphatic heterocycles. The van der Waals surface area contributed by atoms with Gasteiger partial charge in [-0.1, -0.05) is 106 Å². The lowest BCUT2D eigenvalue weighted by Crippen LogP contribution is -2.15. The van der Waals surface area contributed by atoms with Gasteiger partial charge in [-0.3, -0.25) is 14.2 Å². The van der Waals surface area contributed by atoms with Crippen molar-refractivity contribution < 1.29 is 43.5 Å². The highest BCUT2D eigenvalue weighted by Gasteiger charge is 2.33. The summed E-state index contributed by atoms with van der Waals surface area (Å²) in [5.41, 5.74) is 3.89. The summed E-state index contributed by atoms with van der Waals surface area (Å²) in [5, 5.41) is 19.6. The standard InChI is InChI=1S/C28H22Cl2FN7O2S2.C27H20Cl2FN7O2S2.C26H20Cl2FN7O3S2/c1-14-6-9-19(29)26(22(14)30)42(39,40)38-20-5-3-4-18(23(20)31)24-25(21-10-11-32-28(36-21)35-17-7-8-17)41-27(37-24)16-12-33-15(2)34-13-16;1-14-32-12-15(13-33-14)26-36-23(24(40-26)21-10-11-31-27(35-21)34-16-8-9-16)17-4-2-7-20(22(17)30)37-41(38,39)25-18(28)5-3-6-19(25)29;1-14-32-12-15(13-33-14)25-35-22(23(40-25)20-8-9-30-26(34-20)31-10-11-37)16-4-2-7-19(21(16)29)36-41(38,39)24-17(27)5-3-6-18(24)28/h3-6,9-13,17,38H,7-8H2,1-2H3,(H,32,35,36);2-7,10-13,16,37H,8-9H2,1H3,(H,31,34,35);2-9,12-13,36-37H,10-11H2,1H3,(H,30,31,34). The van der Waals surface area contributed by atoms with Crippen molar-refractivity contribution in [3.63, 3.8) is 0 Å². The number of rotatable bonds is 25. The lowest BCUT2D eigenvalue weighted by Gasteiger charge is -2.14. The third kappa shape index (κ3) is 20.0. The Balaban J connectivity index is 0.000000144. The first-order chi connectivity index (χ1) is 59.5. The summed E-state index contributed by atoms with van der Waals surface area (Å²) in [6, 6.07) is 30.3. The second-order valence-electron chi connectivity index (χ2n) is 27.4. The normalized spacial score (nSPS) is 12.7. The van der Waals surface area contributed by atoms with Gasteiger partial charge in [-0.05, 0) is 144 Å². The Morgan fingerprint density at radius 3 is 1.02 bits per heavy atom. The Bertz CT molecular complexity index is 6910. The molecule has 2 fully saturated rings. The third-order valence-electron chi connectivity index (χ3n) is 18.2. The number of sulfonamides is 3. The number of aliphatic hydroxyl groups excluding tert-OH is 1. The molecule has 0 spiro atoms. The minimum Gasteiger partial charge on any atom is -0.395 e. The van der Waals surface area contributed by atoms with Crippen LogP contribution in [0.2, 0.25) is 30.1 Å². The minimum absolute atomic E-state index is 0.0180. The summed E-state index contributed by atoms with van der Waals surface area (Å²) in [7, 11) is -13.0. The van der Waals surface area contributed by atoms with Crippen LogP contribution in [-0.2, 0) is 30.1 Å². The molecule has 0 atom stereocenters. The minimum atomic E-state index is -4.35. The van der Waals surface area contributed by atoms with Crippen LogP contribution in [-0.4, -0.2) is 130 Å². The predicted molar refractivity (Wildman–Crippen MR) is 478 cm³/mol. The molecule has 9 heterocycles. The maximum Gasteiger partial charge on any atom is 0.264 e. The molecule has 0 saturated heterocycles. The average molecular weight is 1900 g/mol. The maximum atomic E-state index is 16.2. The summed E-state index contributed by atoms with van der Waals surface area (Å²) in [6.45, 7) is 7.06. The number of thiazole rings is 3. The SMILES string of the molecule is Cc1ncc(-c2nc(-c3cccc(NS(=O)(=O)c4c(Cl)ccc(C)c4Cl)c3F)c(-c3ccnc(NC4CC4)n3)s2)cn1.Cc1ncc(-c2nc(-c3cccc(NS(=O)(=O)c4c(Cl)cccc4Cl)c3F)c(-c3ccnc(NC4CC4)n3)s2)cn1.Cc1ncc(-c2nc(-c3cccc(NS(=O)(=O)c4c(Cl)cccc4Cl)c3F)c(-c3ccnc(NCCO)n3)s2)cn1. The molecule has 0 amide bonds. The molecule has 43 heteroatoms. The van der Waals surface area contributed by atoms with Crippen molar-refractivity contribution in [1.82, 2.24) is 74.8 Å². The summed E-state index contributed by atoms with van der Waals surface area (Å²) >= 11 is 40.7. The van der Waals surface area contributed by atoms with Crippen LogP contribution in [0.3, 0.4) is 0 Å². The van der Waals surface area contributed by atoms with Gasteiger partial charge in [0.25, 0.3) is 30.1 Å². The highest BCUT2D eigenvalue weighted by Crippen LogP contribution is 2.47. The van der Waals surface area contributed by atoms with Gasteiger partial charge in [0.2, 0.25) is 17.8 Å². The van der Waals surface area contributed by atoms with Crippen LogP contribution in [0.1, 0.15) is 48.7 Å². The molecule has 632 valence electrons. The molecule has 28 nitrogen and oxygen atoms in total. The molecule has 2 aliphatic rings. The second-order valence-corrected chi connectivity index (χ2v) is 37.6. The van der Waals surface area contributed by atoms with Crippen molar-refractivity contribution in [2.45, 2.75) is 80.1 Å². The lowest BCUT2D eigenvalue weighted by atomic mass is 10.1. The number of nitrogens with zero attached hydrogens (tertiary/aromatic N) is 15. The molecule has 124 heavy (non-hydrogen) atoms. The Kier molecular flexibility index (Phi) is 26.4. The molecular weight excluding hydrogens is 1840 g/mol. The highest BCUT2D eigenvalue weighted by atomic mass is 35.5. The van der Waals surface area contributed by atoms with Gasteiger partial charge in [-0.2, -0.15) is 0 Å². The zero-order chi connectivity index (χ0) is 87.5. The van der Waals surface area contributed by atoms with E-state index in [2.05, 4.69) is 89.9 Å². The molecule has 0 radical (unpaired) electrons. The number of nitrogens with one attached hydrogen (secondary N) is 6. The van der Waals surface area contributed by atoms with E-state index in [4.69, 9.17) is 89.7 Å². The van der Waals surface area contributed by atoms with Crippen LogP contribution in [0.15, 0.2) is 192 Å². The largest absolute Gasteiger partial charge is 0.395 e. The number of halogens is 9. The van der Waals surface area contributed by atoms with Crippen LogP contribution >= 0.6 is 104 Å². The van der Waals surface area contributed by atoms with Crippen molar-refractivity contribution in [3.05, 3.63) is 248 Å². The molecule has 9 aromatic heterocycles. The zero-order valence-corrected chi connectivity index (χ0v) is 74.0. The first-order valence-corrected chi connectivity index (χ1v) is 46.2. The fourth-order valence-corrected chi connectivity index (χ4v) is 21.6. The van der Waals surface area contributed by atoms with Crippen molar-refractivity contribution in [2.75, 3.05) is 43.3 Å². The first kappa shape index (κ1) is 87.7. The van der Waals surface area contributed by atoms with Gasteiger partial charge in [0.1, 0.15) is 47.2 Å². The Morgan fingerprint density at radius 2 is 0.694 bits per heavy atom. The van der Waals surface area contributed by atoms with Gasteiger partial charge in [-0.25, -0.2) is 113 Å². The molecular formula is C81H62Cl6F3N21O7S6. The average Bonchev–Trinajstić information content (AvgIpc) is 1.75. The van der Waals surface area contributed by atoms with E-state index in [-0.39, 0.29) is 115 Å². The van der Waals surface area contributed by atoms with Gasteiger partial charge in [0.15, 0.2) is 17.5 Å². The number of hydrogen-bond donors (Lipinski definition) is 7. The van der Waals surface area contributed by atoms with Crippen LogP contribution in [0.4, 0.5) is 48.1 Å². The van der Waals surface area contributed by atoms with E-state index in [1.807, 2.05) is 0 Å². The molecule has 2 aliphatic carbocycles. The van der Waals surface area contributed by atoms with Gasteiger partial charge < -0.3 is 21.1 Å². The molecule has 0 unspecified atom stereocenters. The highest BCUT2D eigenvalue weighted by molar-refractivity contribution is 7.93. The van der Waals surface area contributed by atoms with Gasteiger partial charge >= 0.3 is 0 Å². The fraction of sp³-hybridized carbons (Fsp3) is 0.148. The van der Waals surface area contributed by atoms with Crippen LogP contribution < -0.4 is 30.1 Å². The molecule has 0 bridgehead atoms. The Labute approximate surface area is 749 Å². The van der Waals surface area contributed by atoms with E-state index >= 15 is 13.2 Å². The van der Waals surface area contributed by atoms with Crippen molar-refractivity contribution in [3.8, 4) is 97.2 Å². The number of anilines is 6. The molecule has 15 aromatic rings. The summed E-state index contributed by atoms with van der Waals surface area (Å²) in [4.78, 5) is 66.8. The van der Waals surface area contributed by atoms with E-state index < -0.39 is 47.5 Å². The quantitative estimate of drug-likeness (QED) is 0.0279. The van der Waals surface area contributed by atoms with Gasteiger partial charge in [0, 0.05) is 108 Å². The van der Waals surface area contributed by atoms with Crippen LogP contribution in [0, 0.1) is 45.1 Å². The van der Waals surface area contributed by atoms with Crippen molar-refractivity contribution in [2.24, 2.45) is 0 Å². The lowest BCUT2D eigenvalue weighted by molar-refractivity contribution is 0.311. The summed E-state index contributed by atoms with van der Waals surface area (Å²) < 4.78 is 135. The molecule has 7 N–H and O–H groups in total. The van der Waals surface area contributed by atoms with Crippen LogP contribution in [0.25, 0.3) is 97.2 Å². The van der Waals surface area contributed by atoms with E-state index in [9.17, 15) is 25.3 Å². The zero-order valence-electron chi connectivity index (χ0n) is 64.6. The maximum absolute atomic E-state index is 16.2. The second kappa shape index (κ2) is 37.3. The summed E-state index contributed by atoms with van der Waals surface area (Å²) in [6.07, 6.45) is 18.7. The topological polar surface area (TPSA) is 388 Å². The number of aromatic nitrogens is 15. The predicted octanol–water partition coefficient (Wildman–Crippen LogP) is 19.7. The van der Waals surface area contributed by atoms with Crippen LogP contribution in [0.5, 0.6) is 0 Å². The number of benzene rings is 6. The summed E-state index contributed by atoms with van der Waals surface area (Å²) in [5.74, 6) is 0.425. The number of aliphatic hydroxyl groups is 1. The van der Waals surface area contributed by atoms with E-state index in [0.29, 0.717) is 110 Å². The van der Waals surface area contributed by atoms with Gasteiger partial charge in [0.05, 0.1) is 103 Å². The van der Waals surface area contributed by atoms with Crippen molar-refractivity contribution >= 4 is 169 Å². The van der Waals surface area contributed by atoms with E-state index in [1.165, 1.54) is 137 Å². The van der Waals surface area contributed by atoms with E-state index in [0.717, 1.165) is 25.7 Å². The molecule has 6 aromatic carbocycles.